The average Bonchev–Trinajstić information content (AvgIpc) is 2.88. The van der Waals surface area contributed by atoms with Crippen molar-refractivity contribution in [2.45, 2.75) is 51.9 Å². The second-order valence-electron chi connectivity index (χ2n) is 10.6. The van der Waals surface area contributed by atoms with Gasteiger partial charge >= 0.3 is 6.09 Å². The molecule has 0 saturated heterocycles. The Balaban J connectivity index is 1.40. The van der Waals surface area contributed by atoms with Gasteiger partial charge in [-0.05, 0) is 86.5 Å². The number of allylic oxidation sites excluding steroid dienone is 2. The number of rotatable bonds is 4. The van der Waals surface area contributed by atoms with Gasteiger partial charge in [0.25, 0.3) is 12.6 Å². The third-order valence-electron chi connectivity index (χ3n) is 6.61. The molecule has 38 heavy (non-hydrogen) atoms. The molecular formula is C29H30BClFN3O3. The Kier molecular flexibility index (Phi) is 8.27. The van der Waals surface area contributed by atoms with Crippen LogP contribution in [0.5, 0.6) is 0 Å². The topological polar surface area (TPSA) is 82.4 Å². The highest BCUT2D eigenvalue weighted by atomic mass is 35.5. The molecule has 9 heteroatoms. The number of nitriles is 1. The first kappa shape index (κ1) is 27.5. The summed E-state index contributed by atoms with van der Waals surface area (Å²) in [6.07, 6.45) is 6.32. The molecule has 2 heterocycles. The van der Waals surface area contributed by atoms with Crippen LogP contribution in [0.3, 0.4) is 0 Å². The maximum Gasteiger partial charge on any atom is 0.410 e. The number of nitrogens with one attached hydrogen (secondary N) is 1. The quantitative estimate of drug-likeness (QED) is 0.425. The summed E-state index contributed by atoms with van der Waals surface area (Å²) in [7, 11) is 0. The monoisotopic (exact) mass is 533 g/mol. The Bertz CT molecular complexity index is 1360. The lowest BCUT2D eigenvalue weighted by atomic mass is 9.43. The molecule has 2 aliphatic rings. The number of carbonyl (C=O) groups is 2. The minimum atomic E-state index is -0.604. The number of halogens is 2. The Labute approximate surface area is 228 Å². The zero-order chi connectivity index (χ0) is 27.4. The summed E-state index contributed by atoms with van der Waals surface area (Å²) in [4.78, 5) is 26.7. The predicted octanol–water partition coefficient (Wildman–Crippen LogP) is 7.10. The lowest BCUT2D eigenvalue weighted by molar-refractivity contribution is 0.0270. The molecule has 0 aliphatic carbocycles. The molecule has 2 aromatic rings. The number of benzene rings is 2. The van der Waals surface area contributed by atoms with Crippen LogP contribution in [-0.2, 0) is 4.74 Å². The minimum absolute atomic E-state index is 0.00758. The van der Waals surface area contributed by atoms with Crippen molar-refractivity contribution in [3.8, 4) is 5.97 Å². The third kappa shape index (κ3) is 6.65. The van der Waals surface area contributed by atoms with E-state index in [0.29, 0.717) is 43.0 Å². The molecule has 196 valence electrons. The number of nitrogens with zero attached hydrogens (tertiary/aromatic N) is 2. The lowest BCUT2D eigenvalue weighted by Gasteiger charge is -2.29. The van der Waals surface area contributed by atoms with Crippen LogP contribution in [0.4, 0.5) is 14.9 Å². The maximum atomic E-state index is 14.9. The smallest absolute Gasteiger partial charge is 0.410 e. The summed E-state index contributed by atoms with van der Waals surface area (Å²) in [5, 5.41) is 12.2. The lowest BCUT2D eigenvalue weighted by Crippen LogP contribution is -2.39. The van der Waals surface area contributed by atoms with Crippen molar-refractivity contribution in [3.63, 3.8) is 0 Å². The molecule has 0 radical (unpaired) electrons. The number of ether oxygens (including phenoxy) is 1. The number of anilines is 1. The van der Waals surface area contributed by atoms with Crippen LogP contribution in [0, 0.1) is 17.0 Å². The molecule has 2 aromatic carbocycles. The van der Waals surface area contributed by atoms with E-state index in [1.54, 1.807) is 23.1 Å². The van der Waals surface area contributed by atoms with E-state index in [1.807, 2.05) is 39.0 Å². The zero-order valence-corrected chi connectivity index (χ0v) is 22.6. The van der Waals surface area contributed by atoms with Crippen LogP contribution in [0.2, 0.25) is 17.7 Å². The van der Waals surface area contributed by atoms with Crippen molar-refractivity contribution in [2.75, 3.05) is 18.4 Å². The normalized spacial score (nSPS) is 15.8. The number of amides is 2. The molecule has 0 fully saturated rings. The molecule has 0 aromatic heterocycles. The molecule has 0 saturated carbocycles. The van der Waals surface area contributed by atoms with E-state index in [2.05, 4.69) is 11.3 Å². The van der Waals surface area contributed by atoms with Crippen LogP contribution in [0.25, 0.3) is 11.1 Å². The van der Waals surface area contributed by atoms with Gasteiger partial charge in [-0.1, -0.05) is 42.2 Å². The molecule has 0 unspecified atom stereocenters. The van der Waals surface area contributed by atoms with E-state index in [1.165, 1.54) is 12.1 Å². The fourth-order valence-corrected chi connectivity index (χ4v) is 4.87. The molecule has 0 bridgehead atoms. The van der Waals surface area contributed by atoms with Crippen LogP contribution >= 0.6 is 11.6 Å². The van der Waals surface area contributed by atoms with E-state index in [4.69, 9.17) is 21.6 Å². The summed E-state index contributed by atoms with van der Waals surface area (Å²) < 4.78 is 20.3. The van der Waals surface area contributed by atoms with E-state index >= 15 is 0 Å². The van der Waals surface area contributed by atoms with E-state index < -0.39 is 17.3 Å². The summed E-state index contributed by atoms with van der Waals surface area (Å²) >= 11 is 6.54. The standard InChI is InChI=1S/C29H30BClFN3O3/c1-29(2,3)38-28(37)35-14-10-20(11-15-35)23-7-5-22(17-25(23)31)34-27(36)24-6-4-21(16-26(24)32)19-8-12-30(18-33)13-9-19/h4-8,10,16-17H,9,11-15H2,1-3H3,(H,34,36). The summed E-state index contributed by atoms with van der Waals surface area (Å²) in [6.45, 7) is 6.45. The SMILES string of the molecule is CC(C)(C)OC(=O)N1CC=C(c2ccc(NC(=O)c3ccc(C4=CCB(C#N)CC4)cc3F)cc2Cl)CC1. The number of hydrogen-bond acceptors (Lipinski definition) is 4. The van der Waals surface area contributed by atoms with Crippen molar-refractivity contribution in [1.82, 2.24) is 4.90 Å². The Morgan fingerprint density at radius 2 is 1.92 bits per heavy atom. The fourth-order valence-electron chi connectivity index (χ4n) is 4.57. The van der Waals surface area contributed by atoms with Crippen molar-refractivity contribution in [3.05, 3.63) is 76.1 Å². The molecule has 6 nitrogen and oxygen atoms in total. The second-order valence-corrected chi connectivity index (χ2v) is 11.0. The van der Waals surface area contributed by atoms with Crippen LogP contribution in [-0.4, -0.2) is 42.3 Å². The number of carbonyl (C=O) groups excluding carboxylic acids is 2. The first-order valence-corrected chi connectivity index (χ1v) is 13.1. The van der Waals surface area contributed by atoms with Gasteiger partial charge in [0.15, 0.2) is 0 Å². The minimum Gasteiger partial charge on any atom is -0.444 e. The number of hydrogen-bond donors (Lipinski definition) is 1. The highest BCUT2D eigenvalue weighted by molar-refractivity contribution is 6.67. The van der Waals surface area contributed by atoms with Gasteiger partial charge < -0.3 is 15.0 Å². The van der Waals surface area contributed by atoms with E-state index in [9.17, 15) is 14.0 Å². The van der Waals surface area contributed by atoms with Gasteiger partial charge in [0.1, 0.15) is 11.4 Å². The van der Waals surface area contributed by atoms with Gasteiger partial charge in [0.2, 0.25) is 0 Å². The van der Waals surface area contributed by atoms with Gasteiger partial charge in [-0.25, -0.2) is 14.4 Å². The summed E-state index contributed by atoms with van der Waals surface area (Å²) in [6, 6.07) is 9.78. The van der Waals surface area contributed by atoms with Gasteiger partial charge in [-0.15, -0.1) is 0 Å². The van der Waals surface area contributed by atoms with Crippen molar-refractivity contribution in [2.24, 2.45) is 0 Å². The fraction of sp³-hybridized carbons (Fsp3) is 0.345. The molecule has 2 amide bonds. The van der Waals surface area contributed by atoms with Gasteiger partial charge in [0.05, 0.1) is 10.6 Å². The summed E-state index contributed by atoms with van der Waals surface area (Å²) in [5.74, 6) is 1.10. The predicted molar refractivity (Wildman–Crippen MR) is 150 cm³/mol. The molecule has 1 N–H and O–H groups in total. The Hall–Kier alpha value is -3.57. The first-order chi connectivity index (χ1) is 18.0. The van der Waals surface area contributed by atoms with Crippen molar-refractivity contribution in [1.29, 1.82) is 5.26 Å². The van der Waals surface area contributed by atoms with Gasteiger partial charge in [0, 0.05) is 24.7 Å². The van der Waals surface area contributed by atoms with E-state index in [0.717, 1.165) is 28.6 Å². The molecule has 4 rings (SSSR count). The molecule has 2 aliphatic heterocycles. The van der Waals surface area contributed by atoms with Crippen LogP contribution in [0.15, 0.2) is 48.6 Å². The molecule has 0 atom stereocenters. The third-order valence-corrected chi connectivity index (χ3v) is 6.92. The average molecular weight is 534 g/mol. The molecular weight excluding hydrogens is 504 g/mol. The first-order valence-electron chi connectivity index (χ1n) is 12.7. The largest absolute Gasteiger partial charge is 0.444 e. The summed E-state index contributed by atoms with van der Waals surface area (Å²) in [5.41, 5.74) is 3.40. The van der Waals surface area contributed by atoms with E-state index in [-0.39, 0.29) is 18.4 Å². The van der Waals surface area contributed by atoms with Crippen molar-refractivity contribution >= 4 is 47.1 Å². The Morgan fingerprint density at radius 3 is 2.50 bits per heavy atom. The zero-order valence-electron chi connectivity index (χ0n) is 21.8. The van der Waals surface area contributed by atoms with Crippen LogP contribution < -0.4 is 5.32 Å². The van der Waals surface area contributed by atoms with Crippen LogP contribution in [0.1, 0.15) is 55.1 Å². The maximum absolute atomic E-state index is 14.9. The van der Waals surface area contributed by atoms with Gasteiger partial charge in [-0.2, -0.15) is 0 Å². The molecule has 0 spiro atoms. The van der Waals surface area contributed by atoms with Gasteiger partial charge in [-0.3, -0.25) is 4.79 Å². The highest BCUT2D eigenvalue weighted by Gasteiger charge is 2.25. The Morgan fingerprint density at radius 1 is 1.13 bits per heavy atom. The highest BCUT2D eigenvalue weighted by Crippen LogP contribution is 2.32. The van der Waals surface area contributed by atoms with Crippen molar-refractivity contribution < 1.29 is 18.7 Å². The second kappa shape index (κ2) is 11.4.